The van der Waals surface area contributed by atoms with E-state index in [-0.39, 0.29) is 0 Å². The van der Waals surface area contributed by atoms with Crippen molar-refractivity contribution in [2.24, 2.45) is 5.92 Å². The van der Waals surface area contributed by atoms with Crippen LogP contribution in [0.4, 0.5) is 0 Å². The van der Waals surface area contributed by atoms with Crippen LogP contribution in [0.25, 0.3) is 5.57 Å². The molecule has 0 bridgehead atoms. The molecule has 1 aliphatic heterocycles. The molecule has 1 heterocycles. The minimum atomic E-state index is 0.766. The lowest BCUT2D eigenvalue weighted by Gasteiger charge is -2.36. The summed E-state index contributed by atoms with van der Waals surface area (Å²) in [5.74, 6) is 1.01. The summed E-state index contributed by atoms with van der Waals surface area (Å²) < 4.78 is 1.17. The number of nitrogens with zero attached hydrogens (tertiary/aromatic N) is 1. The van der Waals surface area contributed by atoms with Gasteiger partial charge >= 0.3 is 0 Å². The van der Waals surface area contributed by atoms with Crippen LogP contribution < -0.4 is 0 Å². The van der Waals surface area contributed by atoms with Gasteiger partial charge in [-0.3, -0.25) is 0 Å². The topological polar surface area (TPSA) is 3.24 Å². The first-order valence-electron chi connectivity index (χ1n) is 9.92. The largest absolute Gasteiger partial charge is 0.374 e. The molecule has 1 aliphatic carbocycles. The number of likely N-dealkylation sites (tertiary alicyclic amines) is 1. The highest BCUT2D eigenvalue weighted by Crippen LogP contribution is 2.31. The predicted octanol–water partition coefficient (Wildman–Crippen LogP) is 7.02. The zero-order valence-electron chi connectivity index (χ0n) is 15.1. The van der Waals surface area contributed by atoms with Crippen LogP contribution in [0, 0.1) is 5.92 Å². The van der Waals surface area contributed by atoms with E-state index < -0.39 is 0 Å². The van der Waals surface area contributed by atoms with Crippen LogP contribution in [0.15, 0.2) is 34.9 Å². The number of rotatable bonds is 5. The van der Waals surface area contributed by atoms with Gasteiger partial charge in [-0.2, -0.15) is 0 Å². The van der Waals surface area contributed by atoms with Gasteiger partial charge in [-0.15, -0.1) is 0 Å². The van der Waals surface area contributed by atoms with Crippen molar-refractivity contribution in [1.82, 2.24) is 4.90 Å². The smallest absolute Gasteiger partial charge is 0.0284 e. The summed E-state index contributed by atoms with van der Waals surface area (Å²) in [4.78, 5) is 2.66. The van der Waals surface area contributed by atoms with Crippen molar-refractivity contribution >= 4 is 21.5 Å². The van der Waals surface area contributed by atoms with E-state index in [9.17, 15) is 0 Å². The Morgan fingerprint density at radius 2 is 1.88 bits per heavy atom. The third kappa shape index (κ3) is 5.12. The molecule has 3 rings (SSSR count). The number of benzene rings is 1. The fourth-order valence-electron chi connectivity index (χ4n) is 4.46. The third-order valence-corrected chi connectivity index (χ3v) is 6.44. The molecule has 1 atom stereocenters. The molecule has 0 radical (unpaired) electrons. The van der Waals surface area contributed by atoms with Gasteiger partial charge in [0.1, 0.15) is 0 Å². The molecule has 2 fully saturated rings. The van der Waals surface area contributed by atoms with Crippen molar-refractivity contribution in [3.8, 4) is 0 Å². The lowest BCUT2D eigenvalue weighted by molar-refractivity contribution is 0.186. The highest BCUT2D eigenvalue weighted by Gasteiger charge is 2.22. The number of hydrogen-bond donors (Lipinski definition) is 0. The summed E-state index contributed by atoms with van der Waals surface area (Å²) in [6, 6.07) is 9.45. The normalized spacial score (nSPS) is 23.5. The molecular weight excluding hydrogens is 358 g/mol. The second kappa shape index (κ2) is 9.08. The van der Waals surface area contributed by atoms with Crippen LogP contribution in [0.5, 0.6) is 0 Å². The van der Waals surface area contributed by atoms with Gasteiger partial charge in [-0.05, 0) is 68.2 Å². The molecule has 2 heteroatoms. The number of hydrogen-bond acceptors (Lipinski definition) is 1. The van der Waals surface area contributed by atoms with Crippen LogP contribution >= 0.6 is 15.9 Å². The molecule has 1 aromatic carbocycles. The minimum Gasteiger partial charge on any atom is -0.374 e. The Morgan fingerprint density at radius 1 is 1.08 bits per heavy atom. The average Bonchev–Trinajstić information content (AvgIpc) is 2.62. The van der Waals surface area contributed by atoms with Crippen molar-refractivity contribution in [2.45, 2.75) is 77.2 Å². The summed E-state index contributed by atoms with van der Waals surface area (Å²) in [5.41, 5.74) is 2.72. The molecule has 1 saturated carbocycles. The average molecular weight is 390 g/mol. The van der Waals surface area contributed by atoms with Crippen molar-refractivity contribution in [1.29, 1.82) is 0 Å². The SMILES string of the molecule is C/C(=C/N1CCCCC1CCC1CCCCC1)c1cccc(Br)c1. The maximum absolute atomic E-state index is 3.60. The van der Waals surface area contributed by atoms with Crippen LogP contribution in [0.2, 0.25) is 0 Å². The number of piperidine rings is 1. The van der Waals surface area contributed by atoms with Crippen molar-refractivity contribution in [2.75, 3.05) is 6.54 Å². The van der Waals surface area contributed by atoms with E-state index in [0.29, 0.717) is 0 Å². The number of halogens is 1. The first-order chi connectivity index (χ1) is 11.7. The van der Waals surface area contributed by atoms with Gasteiger partial charge < -0.3 is 4.90 Å². The lowest BCUT2D eigenvalue weighted by Crippen LogP contribution is -2.36. The van der Waals surface area contributed by atoms with Crippen molar-refractivity contribution in [3.05, 3.63) is 40.5 Å². The van der Waals surface area contributed by atoms with Gasteiger partial charge in [-0.1, -0.05) is 60.2 Å². The van der Waals surface area contributed by atoms with E-state index in [1.165, 1.54) is 86.4 Å². The van der Waals surface area contributed by atoms with E-state index in [1.54, 1.807) is 0 Å². The molecule has 1 unspecified atom stereocenters. The Hall–Kier alpha value is -0.760. The Balaban J connectivity index is 1.61. The standard InChI is InChI=1S/C22H32BrN/c1-18(20-10-7-11-21(23)16-20)17-24-15-6-5-12-22(24)14-13-19-8-3-2-4-9-19/h7,10-11,16-17,19,22H,2-6,8-9,12-15H2,1H3/b18-17-. The van der Waals surface area contributed by atoms with Gasteiger partial charge in [0, 0.05) is 23.3 Å². The van der Waals surface area contributed by atoms with Crippen LogP contribution in [-0.4, -0.2) is 17.5 Å². The summed E-state index contributed by atoms with van der Waals surface area (Å²) in [6.45, 7) is 3.50. The molecular formula is C22H32BrN. The molecule has 1 nitrogen and oxygen atoms in total. The Bertz CT molecular complexity index is 545. The first kappa shape index (κ1) is 18.0. The van der Waals surface area contributed by atoms with Gasteiger partial charge in [-0.25, -0.2) is 0 Å². The molecule has 0 spiro atoms. The van der Waals surface area contributed by atoms with E-state index in [2.05, 4.69) is 58.2 Å². The summed E-state index contributed by atoms with van der Waals surface area (Å²) >= 11 is 3.60. The highest BCUT2D eigenvalue weighted by molar-refractivity contribution is 9.10. The minimum absolute atomic E-state index is 0.766. The predicted molar refractivity (Wildman–Crippen MR) is 108 cm³/mol. The third-order valence-electron chi connectivity index (χ3n) is 5.94. The molecule has 0 amide bonds. The van der Waals surface area contributed by atoms with E-state index >= 15 is 0 Å². The molecule has 132 valence electrons. The van der Waals surface area contributed by atoms with Crippen molar-refractivity contribution in [3.63, 3.8) is 0 Å². The molecule has 0 aromatic heterocycles. The van der Waals surface area contributed by atoms with Crippen LogP contribution in [-0.2, 0) is 0 Å². The maximum Gasteiger partial charge on any atom is 0.0284 e. The fourth-order valence-corrected chi connectivity index (χ4v) is 4.86. The summed E-state index contributed by atoms with van der Waals surface area (Å²) in [7, 11) is 0. The second-order valence-corrected chi connectivity index (χ2v) is 8.71. The summed E-state index contributed by atoms with van der Waals surface area (Å²) in [6.07, 6.45) is 16.8. The Kier molecular flexibility index (Phi) is 6.83. The van der Waals surface area contributed by atoms with Crippen LogP contribution in [0.1, 0.15) is 76.7 Å². The Morgan fingerprint density at radius 3 is 2.67 bits per heavy atom. The molecule has 0 N–H and O–H groups in total. The monoisotopic (exact) mass is 389 g/mol. The molecule has 1 saturated heterocycles. The van der Waals surface area contributed by atoms with Crippen LogP contribution in [0.3, 0.4) is 0 Å². The molecule has 24 heavy (non-hydrogen) atoms. The van der Waals surface area contributed by atoms with E-state index in [1.807, 2.05) is 0 Å². The van der Waals surface area contributed by atoms with E-state index in [4.69, 9.17) is 0 Å². The summed E-state index contributed by atoms with van der Waals surface area (Å²) in [5, 5.41) is 0. The lowest BCUT2D eigenvalue weighted by atomic mass is 9.84. The number of allylic oxidation sites excluding steroid dienone is 1. The molecule has 1 aromatic rings. The zero-order valence-corrected chi connectivity index (χ0v) is 16.7. The van der Waals surface area contributed by atoms with Crippen molar-refractivity contribution < 1.29 is 0 Å². The molecule has 2 aliphatic rings. The highest BCUT2D eigenvalue weighted by atomic mass is 79.9. The van der Waals surface area contributed by atoms with E-state index in [0.717, 1.165) is 12.0 Å². The Labute approximate surface area is 156 Å². The zero-order chi connectivity index (χ0) is 16.8. The van der Waals surface area contributed by atoms with Gasteiger partial charge in [0.15, 0.2) is 0 Å². The fraction of sp³-hybridized carbons (Fsp3) is 0.636. The maximum atomic E-state index is 3.60. The first-order valence-corrected chi connectivity index (χ1v) is 10.7. The van der Waals surface area contributed by atoms with Gasteiger partial charge in [0.2, 0.25) is 0 Å². The second-order valence-electron chi connectivity index (χ2n) is 7.79. The van der Waals surface area contributed by atoms with Gasteiger partial charge in [0.25, 0.3) is 0 Å². The quantitative estimate of drug-likeness (QED) is 0.522. The van der Waals surface area contributed by atoms with Gasteiger partial charge in [0.05, 0.1) is 0 Å².